The number of ether oxygens (including phenoxy) is 1. The van der Waals surface area contributed by atoms with Gasteiger partial charge in [-0.1, -0.05) is 26.8 Å². The zero-order chi connectivity index (χ0) is 18.6. The van der Waals surface area contributed by atoms with Crippen molar-refractivity contribution in [1.29, 1.82) is 0 Å². The molecular weight excluding hydrogens is 318 g/mol. The first-order chi connectivity index (χ1) is 11.8. The quantitative estimate of drug-likeness (QED) is 0.467. The first-order valence-electron chi connectivity index (χ1n) is 8.73. The number of benzene rings is 1. The predicted molar refractivity (Wildman–Crippen MR) is 97.3 cm³/mol. The lowest BCUT2D eigenvalue weighted by Crippen LogP contribution is -2.43. The van der Waals surface area contributed by atoms with Crippen molar-refractivity contribution in [2.45, 2.75) is 45.8 Å². The molecule has 2 rings (SSSR count). The second kappa shape index (κ2) is 8.30. The zero-order valence-corrected chi connectivity index (χ0v) is 15.0. The average Bonchev–Trinajstić information content (AvgIpc) is 2.55. The van der Waals surface area contributed by atoms with Crippen molar-refractivity contribution >= 4 is 17.4 Å². The maximum Gasteiger partial charge on any atom is 0.327 e. The lowest BCUT2D eigenvalue weighted by atomic mass is 9.80. The Balaban J connectivity index is 2.05. The lowest BCUT2D eigenvalue weighted by molar-refractivity contribution is -0.131. The minimum absolute atomic E-state index is 0.0206. The van der Waals surface area contributed by atoms with Crippen molar-refractivity contribution in [2.24, 2.45) is 17.8 Å². The molecule has 0 radical (unpaired) electrons. The summed E-state index contributed by atoms with van der Waals surface area (Å²) < 4.78 is 6.23. The molecule has 1 heterocycles. The molecule has 3 N–H and O–H groups in total. The van der Waals surface area contributed by atoms with E-state index in [0.717, 1.165) is 12.5 Å². The van der Waals surface area contributed by atoms with Gasteiger partial charge in [0.05, 0.1) is 12.2 Å². The number of aliphatic carboxylic acids is 1. The molecule has 0 aliphatic carbocycles. The van der Waals surface area contributed by atoms with E-state index >= 15 is 0 Å². The van der Waals surface area contributed by atoms with Gasteiger partial charge in [-0.05, 0) is 42.5 Å². The van der Waals surface area contributed by atoms with E-state index in [9.17, 15) is 9.59 Å². The number of nitrogens with two attached hydrogens (primary N) is 1. The van der Waals surface area contributed by atoms with Gasteiger partial charge in [0.15, 0.2) is 5.78 Å². The van der Waals surface area contributed by atoms with E-state index in [-0.39, 0.29) is 29.8 Å². The van der Waals surface area contributed by atoms with Crippen LogP contribution in [-0.2, 0) is 9.53 Å². The van der Waals surface area contributed by atoms with Gasteiger partial charge in [0, 0.05) is 29.7 Å². The van der Waals surface area contributed by atoms with Crippen LogP contribution >= 0.6 is 0 Å². The van der Waals surface area contributed by atoms with Crippen LogP contribution in [0, 0.1) is 17.8 Å². The van der Waals surface area contributed by atoms with Gasteiger partial charge in [-0.25, -0.2) is 4.79 Å². The first-order valence-corrected chi connectivity index (χ1v) is 8.73. The third-order valence-electron chi connectivity index (χ3n) is 4.95. The van der Waals surface area contributed by atoms with Crippen LogP contribution in [0.3, 0.4) is 0 Å². The van der Waals surface area contributed by atoms with Crippen LogP contribution in [0.15, 0.2) is 36.4 Å². The summed E-state index contributed by atoms with van der Waals surface area (Å²) in [5.74, 6) is -0.351. The van der Waals surface area contributed by atoms with Crippen molar-refractivity contribution < 1.29 is 19.4 Å². The molecule has 1 aromatic rings. The fourth-order valence-corrected chi connectivity index (χ4v) is 3.55. The smallest absolute Gasteiger partial charge is 0.327 e. The molecule has 1 saturated heterocycles. The van der Waals surface area contributed by atoms with Crippen LogP contribution in [-0.4, -0.2) is 29.1 Å². The summed E-state index contributed by atoms with van der Waals surface area (Å²) in [6, 6.07) is 6.93. The summed E-state index contributed by atoms with van der Waals surface area (Å²) in [5.41, 5.74) is 6.93. The summed E-state index contributed by atoms with van der Waals surface area (Å²) in [4.78, 5) is 23.3. The number of carbonyl (C=O) groups excluding carboxylic acids is 1. The highest BCUT2D eigenvalue weighted by Gasteiger charge is 2.36. The van der Waals surface area contributed by atoms with E-state index in [1.54, 1.807) is 30.3 Å². The van der Waals surface area contributed by atoms with Gasteiger partial charge in [-0.2, -0.15) is 0 Å². The SMILES string of the molecule is CC(C=CC(=O)O)C1OC(CC(=O)c2ccc(N)cc2)C(C)CC1C. The van der Waals surface area contributed by atoms with E-state index in [2.05, 4.69) is 13.8 Å². The maximum atomic E-state index is 12.5. The molecule has 5 unspecified atom stereocenters. The fraction of sp³-hybridized carbons (Fsp3) is 0.500. The predicted octanol–water partition coefficient (Wildman–Crippen LogP) is 3.55. The topological polar surface area (TPSA) is 89.6 Å². The molecule has 25 heavy (non-hydrogen) atoms. The Morgan fingerprint density at radius 2 is 1.92 bits per heavy atom. The largest absolute Gasteiger partial charge is 0.478 e. The monoisotopic (exact) mass is 345 g/mol. The van der Waals surface area contributed by atoms with Gasteiger partial charge < -0.3 is 15.6 Å². The van der Waals surface area contributed by atoms with E-state index in [0.29, 0.717) is 23.6 Å². The van der Waals surface area contributed by atoms with Gasteiger partial charge in [0.25, 0.3) is 0 Å². The number of rotatable bonds is 6. The third-order valence-corrected chi connectivity index (χ3v) is 4.95. The summed E-state index contributed by atoms with van der Waals surface area (Å²) >= 11 is 0. The number of hydrogen-bond donors (Lipinski definition) is 2. The lowest BCUT2D eigenvalue weighted by Gasteiger charge is -2.41. The molecule has 5 nitrogen and oxygen atoms in total. The number of hydrogen-bond acceptors (Lipinski definition) is 4. The number of Topliss-reactive ketones (excluding diaryl/α,β-unsaturated/α-hetero) is 1. The molecule has 136 valence electrons. The number of nitrogen functional groups attached to an aromatic ring is 1. The molecule has 1 aromatic carbocycles. The van der Waals surface area contributed by atoms with Gasteiger partial charge in [-0.3, -0.25) is 4.79 Å². The Bertz CT molecular complexity index is 638. The normalized spacial score (nSPS) is 28.0. The average molecular weight is 345 g/mol. The van der Waals surface area contributed by atoms with Crippen LogP contribution < -0.4 is 5.73 Å². The van der Waals surface area contributed by atoms with Crippen molar-refractivity contribution in [3.05, 3.63) is 42.0 Å². The van der Waals surface area contributed by atoms with Crippen molar-refractivity contribution in [2.75, 3.05) is 5.73 Å². The number of carboxylic acid groups (broad SMARTS) is 1. The maximum absolute atomic E-state index is 12.5. The molecule has 0 saturated carbocycles. The van der Waals surface area contributed by atoms with Gasteiger partial charge in [0.1, 0.15) is 0 Å². The molecule has 0 amide bonds. The van der Waals surface area contributed by atoms with Gasteiger partial charge >= 0.3 is 5.97 Å². The molecule has 1 fully saturated rings. The standard InChI is InChI=1S/C20H27NO4/c1-12(4-9-19(23)24)20-14(3)10-13(2)18(25-20)11-17(22)15-5-7-16(21)8-6-15/h4-9,12-14,18,20H,10-11,21H2,1-3H3,(H,23,24). The molecule has 0 bridgehead atoms. The Morgan fingerprint density at radius 3 is 2.52 bits per heavy atom. The minimum atomic E-state index is -0.959. The zero-order valence-electron chi connectivity index (χ0n) is 15.0. The molecular formula is C20H27NO4. The highest BCUT2D eigenvalue weighted by molar-refractivity contribution is 5.96. The summed E-state index contributed by atoms with van der Waals surface area (Å²) in [6.45, 7) is 6.17. The van der Waals surface area contributed by atoms with E-state index in [1.165, 1.54) is 0 Å². The van der Waals surface area contributed by atoms with Gasteiger partial charge in [0.2, 0.25) is 0 Å². The van der Waals surface area contributed by atoms with Crippen LogP contribution in [0.5, 0.6) is 0 Å². The highest BCUT2D eigenvalue weighted by Crippen LogP contribution is 2.35. The van der Waals surface area contributed by atoms with E-state index in [4.69, 9.17) is 15.6 Å². The first kappa shape index (κ1) is 19.2. The van der Waals surface area contributed by atoms with Crippen molar-refractivity contribution in [1.82, 2.24) is 0 Å². The highest BCUT2D eigenvalue weighted by atomic mass is 16.5. The van der Waals surface area contributed by atoms with Crippen LogP contribution in [0.1, 0.15) is 44.0 Å². The second-order valence-electron chi connectivity index (χ2n) is 7.14. The summed E-state index contributed by atoms with van der Waals surface area (Å²) in [7, 11) is 0. The van der Waals surface area contributed by atoms with E-state index in [1.807, 2.05) is 6.92 Å². The number of ketones is 1. The van der Waals surface area contributed by atoms with Crippen molar-refractivity contribution in [3.63, 3.8) is 0 Å². The molecule has 0 spiro atoms. The number of carbonyl (C=O) groups is 2. The Morgan fingerprint density at radius 1 is 1.28 bits per heavy atom. The molecule has 5 heteroatoms. The van der Waals surface area contributed by atoms with Gasteiger partial charge in [-0.15, -0.1) is 0 Å². The molecule has 0 aromatic heterocycles. The Hall–Kier alpha value is -2.14. The van der Waals surface area contributed by atoms with Crippen LogP contribution in [0.2, 0.25) is 0 Å². The van der Waals surface area contributed by atoms with Crippen molar-refractivity contribution in [3.8, 4) is 0 Å². The Kier molecular flexibility index (Phi) is 6.37. The molecule has 1 aliphatic rings. The second-order valence-corrected chi connectivity index (χ2v) is 7.14. The number of anilines is 1. The van der Waals surface area contributed by atoms with Crippen LogP contribution in [0.4, 0.5) is 5.69 Å². The Labute approximate surface area is 148 Å². The third kappa shape index (κ3) is 5.16. The minimum Gasteiger partial charge on any atom is -0.478 e. The molecule has 5 atom stereocenters. The fourth-order valence-electron chi connectivity index (χ4n) is 3.55. The number of carboxylic acids is 1. The van der Waals surface area contributed by atoms with E-state index < -0.39 is 5.97 Å². The van der Waals surface area contributed by atoms with Crippen LogP contribution in [0.25, 0.3) is 0 Å². The summed E-state index contributed by atoms with van der Waals surface area (Å²) in [5, 5.41) is 8.80. The molecule has 1 aliphatic heterocycles. The summed E-state index contributed by atoms with van der Waals surface area (Å²) in [6.07, 6.45) is 3.85.